The zero-order valence-corrected chi connectivity index (χ0v) is 15.0. The normalized spacial score (nSPS) is 20.6. The van der Waals surface area contributed by atoms with E-state index in [0.717, 1.165) is 12.1 Å². The summed E-state index contributed by atoms with van der Waals surface area (Å²) in [7, 11) is 0. The van der Waals surface area contributed by atoms with Crippen LogP contribution in [0, 0.1) is 0 Å². The van der Waals surface area contributed by atoms with Crippen molar-refractivity contribution in [1.82, 2.24) is 20.0 Å². The second-order valence-electron chi connectivity index (χ2n) is 6.36. The quantitative estimate of drug-likeness (QED) is 0.863. The Morgan fingerprint density at radius 3 is 2.48 bits per heavy atom. The van der Waals surface area contributed by atoms with E-state index in [0.29, 0.717) is 23.8 Å². The van der Waals surface area contributed by atoms with Crippen LogP contribution in [-0.2, 0) is 11.3 Å². The molecule has 0 radical (unpaired) electrons. The van der Waals surface area contributed by atoms with E-state index >= 15 is 0 Å². The average molecular weight is 386 g/mol. The van der Waals surface area contributed by atoms with Crippen LogP contribution >= 0.6 is 0 Å². The van der Waals surface area contributed by atoms with Gasteiger partial charge in [0, 0.05) is 30.0 Å². The number of carboxylic acids is 1. The minimum absolute atomic E-state index is 0.576. The molecule has 3 heterocycles. The first-order valence-corrected chi connectivity index (χ1v) is 8.47. The molecular formula is C17H21F3N4O3. The van der Waals surface area contributed by atoms with Crippen molar-refractivity contribution in [2.75, 3.05) is 0 Å². The lowest BCUT2D eigenvalue weighted by atomic mass is 9.98. The topological polar surface area (TPSA) is 92.4 Å². The molecule has 0 bridgehead atoms. The van der Waals surface area contributed by atoms with E-state index in [1.54, 1.807) is 12.4 Å². The molecule has 1 aliphatic heterocycles. The summed E-state index contributed by atoms with van der Waals surface area (Å²) in [6.07, 6.45) is 2.20. The van der Waals surface area contributed by atoms with Crippen LogP contribution in [0.25, 0.3) is 11.4 Å². The third-order valence-electron chi connectivity index (χ3n) is 4.32. The number of carbonyl (C=O) groups is 1. The smallest absolute Gasteiger partial charge is 0.475 e. The molecule has 3 rings (SSSR count). The van der Waals surface area contributed by atoms with E-state index in [2.05, 4.69) is 33.9 Å². The fourth-order valence-electron chi connectivity index (χ4n) is 2.87. The molecular weight excluding hydrogens is 365 g/mol. The van der Waals surface area contributed by atoms with Gasteiger partial charge in [0.1, 0.15) is 0 Å². The Hall–Kier alpha value is -2.49. The number of rotatable bonds is 3. The summed E-state index contributed by atoms with van der Waals surface area (Å²) < 4.78 is 37.1. The first-order chi connectivity index (χ1) is 12.7. The van der Waals surface area contributed by atoms with Gasteiger partial charge in [-0.25, -0.2) is 4.79 Å². The molecule has 10 heteroatoms. The van der Waals surface area contributed by atoms with Gasteiger partial charge < -0.3 is 9.63 Å². The van der Waals surface area contributed by atoms with Crippen molar-refractivity contribution in [3.05, 3.63) is 30.4 Å². The van der Waals surface area contributed by atoms with Crippen molar-refractivity contribution in [2.24, 2.45) is 0 Å². The number of nitrogens with zero attached hydrogens (tertiary/aromatic N) is 4. The van der Waals surface area contributed by atoms with Gasteiger partial charge in [0.15, 0.2) is 0 Å². The van der Waals surface area contributed by atoms with E-state index in [9.17, 15) is 13.2 Å². The fourth-order valence-corrected chi connectivity index (χ4v) is 2.87. The zero-order valence-electron chi connectivity index (χ0n) is 15.0. The van der Waals surface area contributed by atoms with E-state index in [1.807, 2.05) is 12.1 Å². The number of alkyl halides is 3. The lowest BCUT2D eigenvalue weighted by Gasteiger charge is -2.37. The number of carboxylic acid groups (broad SMARTS) is 1. The van der Waals surface area contributed by atoms with Crippen LogP contribution < -0.4 is 0 Å². The van der Waals surface area contributed by atoms with Crippen molar-refractivity contribution in [2.45, 2.75) is 57.9 Å². The van der Waals surface area contributed by atoms with Gasteiger partial charge in [-0.2, -0.15) is 18.2 Å². The number of hydrogen-bond donors (Lipinski definition) is 1. The number of hydrogen-bond acceptors (Lipinski definition) is 6. The van der Waals surface area contributed by atoms with Gasteiger partial charge in [0.05, 0.1) is 6.54 Å². The largest absolute Gasteiger partial charge is 0.490 e. The van der Waals surface area contributed by atoms with Crippen LogP contribution in [0.1, 0.15) is 39.0 Å². The third-order valence-corrected chi connectivity index (χ3v) is 4.32. The maximum Gasteiger partial charge on any atom is 0.490 e. The highest BCUT2D eigenvalue weighted by Crippen LogP contribution is 2.24. The molecule has 27 heavy (non-hydrogen) atoms. The Labute approximate surface area is 154 Å². The molecule has 148 valence electrons. The van der Waals surface area contributed by atoms with E-state index in [1.165, 1.54) is 19.3 Å². The Morgan fingerprint density at radius 2 is 1.96 bits per heavy atom. The van der Waals surface area contributed by atoms with Gasteiger partial charge in [-0.1, -0.05) is 11.6 Å². The SMILES string of the molecule is C[C@@H]1CCC[C@H](C)N1Cc1nc(-c2cccnc2)no1.O=C(O)C(F)(F)F. The lowest BCUT2D eigenvalue weighted by molar-refractivity contribution is -0.192. The third kappa shape index (κ3) is 6.02. The summed E-state index contributed by atoms with van der Waals surface area (Å²) in [5.41, 5.74) is 0.891. The van der Waals surface area contributed by atoms with Crippen LogP contribution in [0.4, 0.5) is 13.2 Å². The molecule has 0 saturated carbocycles. The molecule has 0 spiro atoms. The molecule has 0 unspecified atom stereocenters. The summed E-state index contributed by atoms with van der Waals surface area (Å²) in [5.74, 6) is -1.46. The molecule has 2 atom stereocenters. The number of pyridine rings is 1. The molecule has 1 aliphatic rings. The Balaban J connectivity index is 0.000000321. The highest BCUT2D eigenvalue weighted by Gasteiger charge is 2.38. The van der Waals surface area contributed by atoms with Crippen molar-refractivity contribution in [1.29, 1.82) is 0 Å². The Kier molecular flexibility index (Phi) is 6.89. The second-order valence-corrected chi connectivity index (χ2v) is 6.36. The van der Waals surface area contributed by atoms with Crippen LogP contribution in [0.15, 0.2) is 29.0 Å². The molecule has 0 amide bonds. The molecule has 0 aromatic carbocycles. The zero-order chi connectivity index (χ0) is 20.0. The fraction of sp³-hybridized carbons (Fsp3) is 0.529. The molecule has 7 nitrogen and oxygen atoms in total. The Bertz CT molecular complexity index is 727. The first kappa shape index (κ1) is 20.8. The van der Waals surface area contributed by atoms with E-state index < -0.39 is 12.1 Å². The predicted octanol–water partition coefficient (Wildman–Crippen LogP) is 3.53. The predicted molar refractivity (Wildman–Crippen MR) is 89.5 cm³/mol. The highest BCUT2D eigenvalue weighted by atomic mass is 19.4. The standard InChI is InChI=1S/C15H20N4O.C2HF3O2/c1-11-5-3-6-12(2)19(11)10-14-17-15(18-20-14)13-7-4-8-16-9-13;3-2(4,5)1(6)7/h4,7-9,11-12H,3,5-6,10H2,1-2H3;(H,6,7)/t11-,12+;. The van der Waals surface area contributed by atoms with Gasteiger partial charge in [0.25, 0.3) is 0 Å². The van der Waals surface area contributed by atoms with Gasteiger partial charge in [-0.05, 0) is 38.8 Å². The summed E-state index contributed by atoms with van der Waals surface area (Å²) in [4.78, 5) is 19.9. The van der Waals surface area contributed by atoms with Crippen LogP contribution in [0.3, 0.4) is 0 Å². The summed E-state index contributed by atoms with van der Waals surface area (Å²) in [5, 5.41) is 11.2. The molecule has 0 aliphatic carbocycles. The van der Waals surface area contributed by atoms with Crippen LogP contribution in [0.2, 0.25) is 0 Å². The molecule has 2 aromatic heterocycles. The van der Waals surface area contributed by atoms with Crippen LogP contribution in [0.5, 0.6) is 0 Å². The van der Waals surface area contributed by atoms with Gasteiger partial charge in [-0.3, -0.25) is 9.88 Å². The van der Waals surface area contributed by atoms with E-state index in [-0.39, 0.29) is 0 Å². The number of aromatic nitrogens is 3. The number of aliphatic carboxylic acids is 1. The Morgan fingerprint density at radius 1 is 1.33 bits per heavy atom. The minimum atomic E-state index is -5.08. The lowest BCUT2D eigenvalue weighted by Crippen LogP contribution is -2.43. The van der Waals surface area contributed by atoms with Crippen LogP contribution in [-0.4, -0.2) is 49.4 Å². The second kappa shape index (κ2) is 8.94. The van der Waals surface area contributed by atoms with Crippen molar-refractivity contribution < 1.29 is 27.6 Å². The van der Waals surface area contributed by atoms with Gasteiger partial charge >= 0.3 is 12.1 Å². The number of piperidine rings is 1. The highest BCUT2D eigenvalue weighted by molar-refractivity contribution is 5.73. The minimum Gasteiger partial charge on any atom is -0.475 e. The summed E-state index contributed by atoms with van der Waals surface area (Å²) in [6, 6.07) is 4.97. The first-order valence-electron chi connectivity index (χ1n) is 8.47. The monoisotopic (exact) mass is 386 g/mol. The van der Waals surface area contributed by atoms with Crippen molar-refractivity contribution >= 4 is 5.97 Å². The van der Waals surface area contributed by atoms with E-state index in [4.69, 9.17) is 14.4 Å². The summed E-state index contributed by atoms with van der Waals surface area (Å²) in [6.45, 7) is 5.28. The molecule has 1 fully saturated rings. The number of likely N-dealkylation sites (tertiary alicyclic amines) is 1. The molecule has 2 aromatic rings. The number of halogens is 3. The average Bonchev–Trinajstić information content (AvgIpc) is 3.07. The molecule has 1 N–H and O–H groups in total. The van der Waals surface area contributed by atoms with Gasteiger partial charge in [0.2, 0.25) is 11.7 Å². The van der Waals surface area contributed by atoms with Crippen molar-refractivity contribution in [3.8, 4) is 11.4 Å². The maximum atomic E-state index is 10.6. The maximum absolute atomic E-state index is 10.6. The summed E-state index contributed by atoms with van der Waals surface area (Å²) >= 11 is 0. The van der Waals surface area contributed by atoms with Gasteiger partial charge in [-0.15, -0.1) is 0 Å². The molecule has 1 saturated heterocycles. The van der Waals surface area contributed by atoms with Crippen molar-refractivity contribution in [3.63, 3.8) is 0 Å².